The van der Waals surface area contributed by atoms with Crippen LogP contribution in [0.3, 0.4) is 0 Å². The van der Waals surface area contributed by atoms with Crippen LogP contribution < -0.4 is 9.47 Å². The Bertz CT molecular complexity index is 901. The molecule has 2 aliphatic rings. The van der Waals surface area contributed by atoms with Crippen LogP contribution in [0.15, 0.2) is 48.5 Å². The monoisotopic (exact) mass is 391 g/mol. The average Bonchev–Trinajstić information content (AvgIpc) is 3.58. The van der Waals surface area contributed by atoms with E-state index in [1.165, 1.54) is 11.1 Å². The van der Waals surface area contributed by atoms with E-state index in [1.807, 2.05) is 31.2 Å². The smallest absolute Gasteiger partial charge is 0.247 e. The number of aryl methyl sites for hydroxylation is 1. The Labute approximate surface area is 173 Å². The van der Waals surface area contributed by atoms with Gasteiger partial charge in [0.05, 0.1) is 19.8 Å². The molecule has 4 nitrogen and oxygen atoms in total. The number of amides is 1. The fraction of sp³-hybridized carbons (Fsp3) is 0.400. The lowest BCUT2D eigenvalue weighted by molar-refractivity contribution is -0.129. The third kappa shape index (κ3) is 4.31. The fourth-order valence-corrected chi connectivity index (χ4v) is 4.27. The summed E-state index contributed by atoms with van der Waals surface area (Å²) in [7, 11) is 1.63. The van der Waals surface area contributed by atoms with Gasteiger partial charge in [-0.2, -0.15) is 0 Å². The molecule has 4 heteroatoms. The SMILES string of the molecule is CCOc1ccc(/C=C/C(=O)N(C2CC2)C2CCCc3ccccc32)cc1OC. The van der Waals surface area contributed by atoms with Gasteiger partial charge in [0.2, 0.25) is 5.91 Å². The van der Waals surface area contributed by atoms with Crippen molar-refractivity contribution in [3.8, 4) is 11.5 Å². The van der Waals surface area contributed by atoms with Crippen LogP contribution in [0.4, 0.5) is 0 Å². The van der Waals surface area contributed by atoms with Crippen LogP contribution in [0, 0.1) is 0 Å². The second-order valence-electron chi connectivity index (χ2n) is 7.76. The van der Waals surface area contributed by atoms with Crippen LogP contribution in [-0.4, -0.2) is 30.6 Å². The summed E-state index contributed by atoms with van der Waals surface area (Å²) < 4.78 is 11.0. The van der Waals surface area contributed by atoms with Crippen molar-refractivity contribution in [2.75, 3.05) is 13.7 Å². The third-order valence-electron chi connectivity index (χ3n) is 5.77. The summed E-state index contributed by atoms with van der Waals surface area (Å²) in [6.45, 7) is 2.53. The highest BCUT2D eigenvalue weighted by Crippen LogP contribution is 2.41. The number of ether oxygens (including phenoxy) is 2. The second kappa shape index (κ2) is 8.73. The number of fused-ring (bicyclic) bond motifs is 1. The van der Waals surface area contributed by atoms with Gasteiger partial charge >= 0.3 is 0 Å². The largest absolute Gasteiger partial charge is 0.493 e. The zero-order valence-electron chi connectivity index (χ0n) is 17.3. The van der Waals surface area contributed by atoms with E-state index in [1.54, 1.807) is 13.2 Å². The predicted octanol–water partition coefficient (Wildman–Crippen LogP) is 5.18. The van der Waals surface area contributed by atoms with Crippen molar-refractivity contribution >= 4 is 12.0 Å². The van der Waals surface area contributed by atoms with Crippen molar-refractivity contribution in [1.29, 1.82) is 0 Å². The molecule has 1 saturated carbocycles. The van der Waals surface area contributed by atoms with Gasteiger partial charge in [-0.3, -0.25) is 4.79 Å². The fourth-order valence-electron chi connectivity index (χ4n) is 4.27. The molecule has 0 aliphatic heterocycles. The summed E-state index contributed by atoms with van der Waals surface area (Å²) in [4.78, 5) is 15.3. The second-order valence-corrected chi connectivity index (χ2v) is 7.76. The molecular weight excluding hydrogens is 362 g/mol. The number of carbonyl (C=O) groups is 1. The average molecular weight is 392 g/mol. The number of nitrogens with zero attached hydrogens (tertiary/aromatic N) is 1. The Morgan fingerprint density at radius 1 is 1.14 bits per heavy atom. The molecule has 152 valence electrons. The molecule has 2 aromatic rings. The molecular formula is C25H29NO3. The molecule has 0 heterocycles. The standard InChI is InChI=1S/C25H29NO3/c1-3-29-23-15-11-18(17-24(23)28-2)12-16-25(27)26(20-13-14-20)22-10-6-8-19-7-4-5-9-21(19)22/h4-5,7,9,11-12,15-17,20,22H,3,6,8,10,13-14H2,1-2H3/b16-12+. The van der Waals surface area contributed by atoms with Crippen molar-refractivity contribution in [3.63, 3.8) is 0 Å². The van der Waals surface area contributed by atoms with Gasteiger partial charge < -0.3 is 14.4 Å². The Morgan fingerprint density at radius 2 is 1.97 bits per heavy atom. The summed E-state index contributed by atoms with van der Waals surface area (Å²) in [6.07, 6.45) is 9.10. The summed E-state index contributed by atoms with van der Waals surface area (Å²) >= 11 is 0. The van der Waals surface area contributed by atoms with Crippen LogP contribution in [0.1, 0.15) is 55.3 Å². The third-order valence-corrected chi connectivity index (χ3v) is 5.77. The van der Waals surface area contributed by atoms with E-state index in [2.05, 4.69) is 29.2 Å². The molecule has 1 fully saturated rings. The summed E-state index contributed by atoms with van der Waals surface area (Å²) in [5.41, 5.74) is 3.65. The van der Waals surface area contributed by atoms with Crippen molar-refractivity contribution < 1.29 is 14.3 Å². The summed E-state index contributed by atoms with van der Waals surface area (Å²) in [6, 6.07) is 14.9. The zero-order valence-corrected chi connectivity index (χ0v) is 17.3. The molecule has 0 radical (unpaired) electrons. The van der Waals surface area contributed by atoms with Gasteiger partial charge in [-0.15, -0.1) is 0 Å². The molecule has 0 saturated heterocycles. The van der Waals surface area contributed by atoms with Gasteiger partial charge in [0, 0.05) is 12.1 Å². The van der Waals surface area contributed by atoms with Gasteiger partial charge in [0.15, 0.2) is 11.5 Å². The maximum absolute atomic E-state index is 13.2. The lowest BCUT2D eigenvalue weighted by Gasteiger charge is -2.35. The van der Waals surface area contributed by atoms with E-state index in [4.69, 9.17) is 9.47 Å². The molecule has 0 spiro atoms. The Balaban J connectivity index is 1.55. The van der Waals surface area contributed by atoms with Crippen LogP contribution in [0.5, 0.6) is 11.5 Å². The van der Waals surface area contributed by atoms with E-state index in [-0.39, 0.29) is 11.9 Å². The highest BCUT2D eigenvalue weighted by atomic mass is 16.5. The quantitative estimate of drug-likeness (QED) is 0.611. The Morgan fingerprint density at radius 3 is 2.72 bits per heavy atom. The minimum atomic E-state index is 0.0991. The number of hydrogen-bond donors (Lipinski definition) is 0. The summed E-state index contributed by atoms with van der Waals surface area (Å²) in [5, 5.41) is 0. The lowest BCUT2D eigenvalue weighted by Crippen LogP contribution is -2.37. The molecule has 2 aliphatic carbocycles. The molecule has 2 aromatic carbocycles. The first-order chi connectivity index (χ1) is 14.2. The van der Waals surface area contributed by atoms with Crippen LogP contribution >= 0.6 is 0 Å². The number of benzene rings is 2. The first-order valence-corrected chi connectivity index (χ1v) is 10.6. The van der Waals surface area contributed by atoms with Crippen molar-refractivity contribution in [2.24, 2.45) is 0 Å². The van der Waals surface area contributed by atoms with Crippen molar-refractivity contribution in [2.45, 2.75) is 51.1 Å². The number of methoxy groups -OCH3 is 1. The van der Waals surface area contributed by atoms with Gasteiger partial charge in [-0.25, -0.2) is 0 Å². The maximum atomic E-state index is 13.2. The number of hydrogen-bond acceptors (Lipinski definition) is 3. The minimum Gasteiger partial charge on any atom is -0.493 e. The van der Waals surface area contributed by atoms with Gasteiger partial charge in [0.25, 0.3) is 0 Å². The molecule has 0 N–H and O–H groups in total. The molecule has 4 rings (SSSR count). The van der Waals surface area contributed by atoms with Crippen molar-refractivity contribution in [1.82, 2.24) is 4.90 Å². The topological polar surface area (TPSA) is 38.8 Å². The molecule has 29 heavy (non-hydrogen) atoms. The predicted molar refractivity (Wildman–Crippen MR) is 115 cm³/mol. The lowest BCUT2D eigenvalue weighted by atomic mass is 9.86. The van der Waals surface area contributed by atoms with Crippen LogP contribution in [-0.2, 0) is 11.2 Å². The molecule has 1 amide bonds. The molecule has 0 bridgehead atoms. The molecule has 1 atom stereocenters. The maximum Gasteiger partial charge on any atom is 0.247 e. The highest BCUT2D eigenvalue weighted by Gasteiger charge is 2.38. The van der Waals surface area contributed by atoms with E-state index in [9.17, 15) is 4.79 Å². The van der Waals surface area contributed by atoms with Gasteiger partial charge in [0.1, 0.15) is 0 Å². The van der Waals surface area contributed by atoms with Crippen LogP contribution in [0.2, 0.25) is 0 Å². The normalized spacial score (nSPS) is 18.3. The van der Waals surface area contributed by atoms with Crippen LogP contribution in [0.25, 0.3) is 6.08 Å². The summed E-state index contributed by atoms with van der Waals surface area (Å²) in [5.74, 6) is 1.50. The first-order valence-electron chi connectivity index (χ1n) is 10.6. The number of rotatable bonds is 7. The Kier molecular flexibility index (Phi) is 5.89. The van der Waals surface area contributed by atoms with Crippen molar-refractivity contribution in [3.05, 3.63) is 65.2 Å². The Hall–Kier alpha value is -2.75. The number of carbonyl (C=O) groups excluding carboxylic acids is 1. The first kappa shape index (κ1) is 19.6. The van der Waals surface area contributed by atoms with E-state index in [0.717, 1.165) is 43.4 Å². The van der Waals surface area contributed by atoms with E-state index >= 15 is 0 Å². The molecule has 0 aromatic heterocycles. The van der Waals surface area contributed by atoms with E-state index in [0.29, 0.717) is 18.4 Å². The minimum absolute atomic E-state index is 0.0991. The van der Waals surface area contributed by atoms with Gasteiger partial charge in [-0.1, -0.05) is 30.3 Å². The highest BCUT2D eigenvalue weighted by molar-refractivity contribution is 5.92. The van der Waals surface area contributed by atoms with E-state index < -0.39 is 0 Å². The zero-order chi connectivity index (χ0) is 20.2. The van der Waals surface area contributed by atoms with Gasteiger partial charge in [-0.05, 0) is 73.9 Å². The molecule has 1 unspecified atom stereocenters.